The van der Waals surface area contributed by atoms with E-state index < -0.39 is 24.3 Å². The van der Waals surface area contributed by atoms with Crippen LogP contribution in [0.2, 0.25) is 10.0 Å². The molecule has 2 atom stereocenters. The monoisotopic (exact) mass is 675 g/mol. The Morgan fingerprint density at radius 2 is 1.80 bits per heavy atom. The number of carboxylic acids is 1. The van der Waals surface area contributed by atoms with E-state index in [1.165, 1.54) is 16.8 Å². The minimum Gasteiger partial charge on any atom is -0.480 e. The molecule has 4 aromatic rings. The van der Waals surface area contributed by atoms with Crippen LogP contribution in [-0.4, -0.2) is 62.7 Å². The van der Waals surface area contributed by atoms with Gasteiger partial charge < -0.3 is 25.8 Å². The standard InChI is InChI=1S/C31H30Cl2F3N7O3/c1-17-6-9-43(41-17)24-13-19(18-3-5-21(32)22(33)12-18)2-4-20(24)27(31(34,35)36)46-26-14-25(39-29(37)40-26)42-10-7-30(8-11-42)15-23(28(44)45)38-16-30/h2-6,9,12-14,23,27,38H,7-8,10-11,15-16H2,1H3,(H,44,45)(H2,37,39,40)/t23?,27-/m1/s1. The van der Waals surface area contributed by atoms with Crippen LogP contribution in [0.15, 0.2) is 54.7 Å². The van der Waals surface area contributed by atoms with Crippen LogP contribution < -0.4 is 20.7 Å². The number of alkyl halides is 3. The van der Waals surface area contributed by atoms with Gasteiger partial charge in [0.2, 0.25) is 17.9 Å². The fraction of sp³-hybridized carbons (Fsp3) is 0.355. The first kappa shape index (κ1) is 31.9. The Hall–Kier alpha value is -4.07. The van der Waals surface area contributed by atoms with Crippen molar-refractivity contribution >= 4 is 40.9 Å². The fourth-order valence-electron chi connectivity index (χ4n) is 6.13. The maximum Gasteiger partial charge on any atom is 0.429 e. The quantitative estimate of drug-likeness (QED) is 0.208. The number of nitrogens with two attached hydrogens (primary N) is 1. The summed E-state index contributed by atoms with van der Waals surface area (Å²) < 4.78 is 51.4. The summed E-state index contributed by atoms with van der Waals surface area (Å²) in [5.74, 6) is -1.12. The molecule has 4 heterocycles. The molecule has 1 unspecified atom stereocenters. The van der Waals surface area contributed by atoms with Crippen molar-refractivity contribution in [3.8, 4) is 22.7 Å². The van der Waals surface area contributed by atoms with Crippen LogP contribution in [0, 0.1) is 12.3 Å². The van der Waals surface area contributed by atoms with Crippen molar-refractivity contribution in [2.75, 3.05) is 30.3 Å². The zero-order valence-corrected chi connectivity index (χ0v) is 26.1. The first-order chi connectivity index (χ1) is 21.8. The van der Waals surface area contributed by atoms with Crippen molar-refractivity contribution < 1.29 is 27.8 Å². The summed E-state index contributed by atoms with van der Waals surface area (Å²) in [6.45, 7) is 3.36. The number of hydrogen-bond acceptors (Lipinski definition) is 8. The summed E-state index contributed by atoms with van der Waals surface area (Å²) in [5, 5.41) is 17.5. The maximum absolute atomic E-state index is 14.8. The molecule has 0 bridgehead atoms. The number of aryl methyl sites for hydroxylation is 1. The van der Waals surface area contributed by atoms with Gasteiger partial charge in [-0.1, -0.05) is 41.4 Å². The highest BCUT2D eigenvalue weighted by Crippen LogP contribution is 2.43. The van der Waals surface area contributed by atoms with Gasteiger partial charge in [-0.2, -0.15) is 28.2 Å². The molecule has 242 valence electrons. The van der Waals surface area contributed by atoms with Crippen molar-refractivity contribution in [2.45, 2.75) is 44.5 Å². The van der Waals surface area contributed by atoms with Gasteiger partial charge in [0, 0.05) is 37.5 Å². The Bertz CT molecular complexity index is 1780. The number of rotatable bonds is 7. The lowest BCUT2D eigenvalue weighted by atomic mass is 9.76. The number of carboxylic acid groups (broad SMARTS) is 1. The van der Waals surface area contributed by atoms with Crippen LogP contribution in [0.4, 0.5) is 24.9 Å². The molecule has 15 heteroatoms. The number of ether oxygens (including phenoxy) is 1. The average Bonchev–Trinajstić information content (AvgIpc) is 3.63. The normalized spacial score (nSPS) is 18.6. The summed E-state index contributed by atoms with van der Waals surface area (Å²) in [7, 11) is 0. The Morgan fingerprint density at radius 3 is 2.43 bits per heavy atom. The van der Waals surface area contributed by atoms with E-state index in [0.29, 0.717) is 71.6 Å². The van der Waals surface area contributed by atoms with E-state index in [4.69, 9.17) is 33.7 Å². The minimum absolute atomic E-state index is 0.146. The molecular formula is C31H30Cl2F3N7O3. The fourth-order valence-corrected chi connectivity index (χ4v) is 6.43. The van der Waals surface area contributed by atoms with Gasteiger partial charge in [0.1, 0.15) is 11.9 Å². The van der Waals surface area contributed by atoms with Crippen LogP contribution in [0.25, 0.3) is 16.8 Å². The van der Waals surface area contributed by atoms with E-state index in [2.05, 4.69) is 20.4 Å². The molecule has 2 aliphatic heterocycles. The molecule has 0 aliphatic carbocycles. The van der Waals surface area contributed by atoms with Crippen LogP contribution >= 0.6 is 23.2 Å². The van der Waals surface area contributed by atoms with E-state index >= 15 is 0 Å². The summed E-state index contributed by atoms with van der Waals surface area (Å²) in [5.41, 5.74) is 7.61. The number of benzene rings is 2. The summed E-state index contributed by atoms with van der Waals surface area (Å²) >= 11 is 12.3. The van der Waals surface area contributed by atoms with Crippen LogP contribution in [0.1, 0.15) is 36.6 Å². The van der Waals surface area contributed by atoms with Crippen LogP contribution in [-0.2, 0) is 4.79 Å². The number of aromatic nitrogens is 4. The lowest BCUT2D eigenvalue weighted by Gasteiger charge is -2.39. The van der Waals surface area contributed by atoms with Gasteiger partial charge in [-0.3, -0.25) is 4.79 Å². The SMILES string of the molecule is Cc1ccn(-c2cc(-c3ccc(Cl)c(Cl)c3)ccc2[C@@H](Oc2cc(N3CCC4(CC3)CNC(C(=O)O)C4)nc(N)n2)C(F)(F)F)n1. The lowest BCUT2D eigenvalue weighted by molar-refractivity contribution is -0.198. The van der Waals surface area contributed by atoms with Gasteiger partial charge >= 0.3 is 12.1 Å². The molecule has 46 heavy (non-hydrogen) atoms. The van der Waals surface area contributed by atoms with Gasteiger partial charge in [-0.15, -0.1) is 0 Å². The zero-order chi connectivity index (χ0) is 32.8. The molecule has 2 aromatic carbocycles. The average molecular weight is 677 g/mol. The molecule has 0 radical (unpaired) electrons. The van der Waals surface area contributed by atoms with Gasteiger partial charge in [0.15, 0.2) is 0 Å². The number of anilines is 2. The molecule has 4 N–H and O–H groups in total. The highest BCUT2D eigenvalue weighted by Gasteiger charge is 2.46. The lowest BCUT2D eigenvalue weighted by Crippen LogP contribution is -2.41. The van der Waals surface area contributed by atoms with E-state index in [9.17, 15) is 23.1 Å². The molecule has 1 spiro atoms. The highest BCUT2D eigenvalue weighted by molar-refractivity contribution is 6.42. The number of carbonyl (C=O) groups is 1. The molecule has 2 aromatic heterocycles. The Labute approximate surface area is 272 Å². The molecule has 2 aliphatic rings. The second-order valence-corrected chi connectivity index (χ2v) is 12.5. The first-order valence-corrected chi connectivity index (χ1v) is 15.3. The molecule has 2 fully saturated rings. The molecule has 0 amide bonds. The minimum atomic E-state index is -4.85. The highest BCUT2D eigenvalue weighted by atomic mass is 35.5. The van der Waals surface area contributed by atoms with Crippen LogP contribution in [0.3, 0.4) is 0 Å². The summed E-state index contributed by atoms with van der Waals surface area (Å²) in [6, 6.07) is 11.9. The van der Waals surface area contributed by atoms with Crippen molar-refractivity contribution in [3.63, 3.8) is 0 Å². The third kappa shape index (κ3) is 6.58. The maximum atomic E-state index is 14.8. The van der Waals surface area contributed by atoms with Crippen molar-refractivity contribution in [2.24, 2.45) is 5.41 Å². The van der Waals surface area contributed by atoms with E-state index in [1.807, 2.05) is 4.90 Å². The molecule has 2 saturated heterocycles. The van der Waals surface area contributed by atoms with Gasteiger partial charge in [0.05, 0.1) is 21.4 Å². The van der Waals surface area contributed by atoms with Gasteiger partial charge in [-0.05, 0) is 67.0 Å². The number of piperidine rings is 1. The largest absolute Gasteiger partial charge is 0.480 e. The Kier molecular flexibility index (Phi) is 8.51. The van der Waals surface area contributed by atoms with E-state index in [1.54, 1.807) is 49.5 Å². The second kappa shape index (κ2) is 12.3. The van der Waals surface area contributed by atoms with Crippen LogP contribution in [0.5, 0.6) is 5.88 Å². The summed E-state index contributed by atoms with van der Waals surface area (Å²) in [4.78, 5) is 21.6. The number of hydrogen-bond donors (Lipinski definition) is 3. The number of halogens is 5. The smallest absolute Gasteiger partial charge is 0.429 e. The molecule has 10 nitrogen and oxygen atoms in total. The van der Waals surface area contributed by atoms with Crippen molar-refractivity contribution in [1.29, 1.82) is 0 Å². The third-order valence-electron chi connectivity index (χ3n) is 8.58. The van der Waals surface area contributed by atoms with Gasteiger partial charge in [-0.25, -0.2) is 4.68 Å². The number of nitrogens with zero attached hydrogens (tertiary/aromatic N) is 5. The summed E-state index contributed by atoms with van der Waals surface area (Å²) in [6.07, 6.45) is -3.82. The second-order valence-electron chi connectivity index (χ2n) is 11.7. The third-order valence-corrected chi connectivity index (χ3v) is 9.32. The van der Waals surface area contributed by atoms with Crippen molar-refractivity contribution in [1.82, 2.24) is 25.1 Å². The molecular weight excluding hydrogens is 646 g/mol. The Balaban J connectivity index is 1.31. The molecule has 6 rings (SSSR count). The number of aliphatic carboxylic acids is 1. The predicted molar refractivity (Wildman–Crippen MR) is 168 cm³/mol. The van der Waals surface area contributed by atoms with Crippen molar-refractivity contribution in [3.05, 3.63) is 76.0 Å². The predicted octanol–water partition coefficient (Wildman–Crippen LogP) is 6.24. The van der Waals surface area contributed by atoms with E-state index in [0.717, 1.165) is 0 Å². The topological polar surface area (TPSA) is 131 Å². The number of nitrogens with one attached hydrogen (secondary N) is 1. The van der Waals surface area contributed by atoms with Gasteiger partial charge in [0.25, 0.3) is 0 Å². The number of nitrogen functional groups attached to an aromatic ring is 1. The molecule has 0 saturated carbocycles. The first-order valence-electron chi connectivity index (χ1n) is 14.5. The van der Waals surface area contributed by atoms with E-state index in [-0.39, 0.29) is 28.5 Å². The Morgan fingerprint density at radius 1 is 1.09 bits per heavy atom. The zero-order valence-electron chi connectivity index (χ0n) is 24.6.